The van der Waals surface area contributed by atoms with Crippen LogP contribution in [0.1, 0.15) is 36.8 Å². The predicted molar refractivity (Wildman–Crippen MR) is 110 cm³/mol. The van der Waals surface area contributed by atoms with Gasteiger partial charge in [-0.05, 0) is 42.2 Å². The van der Waals surface area contributed by atoms with Gasteiger partial charge in [-0.15, -0.1) is 0 Å². The minimum atomic E-state index is -0.251. The van der Waals surface area contributed by atoms with Gasteiger partial charge < -0.3 is 14.6 Å². The molecule has 0 aliphatic carbocycles. The van der Waals surface area contributed by atoms with Crippen molar-refractivity contribution < 1.29 is 14.1 Å². The van der Waals surface area contributed by atoms with Crippen molar-refractivity contribution in [2.24, 2.45) is 0 Å². The largest absolute Gasteiger partial charge is 0.483 e. The lowest BCUT2D eigenvalue weighted by Crippen LogP contribution is -2.28. The van der Waals surface area contributed by atoms with Crippen molar-refractivity contribution in [3.8, 4) is 17.1 Å². The molecular weight excluding hydrogens is 422 g/mol. The molecule has 0 aliphatic rings. The zero-order chi connectivity index (χ0) is 20.1. The van der Waals surface area contributed by atoms with Crippen LogP contribution in [0.4, 0.5) is 0 Å². The summed E-state index contributed by atoms with van der Waals surface area (Å²) in [5.74, 6) is 1.61. The number of halogens is 1. The molecule has 1 amide bonds. The number of benzene rings is 2. The normalized spacial score (nSPS) is 10.9. The Balaban J connectivity index is 1.55. The van der Waals surface area contributed by atoms with Gasteiger partial charge in [0, 0.05) is 10.0 Å². The van der Waals surface area contributed by atoms with Gasteiger partial charge in [-0.2, -0.15) is 4.98 Å². The summed E-state index contributed by atoms with van der Waals surface area (Å²) in [6, 6.07) is 13.6. The molecule has 28 heavy (non-hydrogen) atoms. The molecule has 1 heterocycles. The maximum Gasteiger partial charge on any atom is 0.258 e. The number of aryl methyl sites for hydroxylation is 1. The van der Waals surface area contributed by atoms with Gasteiger partial charge in [0.05, 0.1) is 6.54 Å². The third-order valence-electron chi connectivity index (χ3n) is 4.14. The number of nitrogens with zero attached hydrogens (tertiary/aromatic N) is 2. The van der Waals surface area contributed by atoms with Crippen molar-refractivity contribution in [1.29, 1.82) is 0 Å². The number of carbonyl (C=O) groups excluding carboxylic acids is 1. The van der Waals surface area contributed by atoms with Crippen molar-refractivity contribution in [2.45, 2.75) is 33.2 Å². The van der Waals surface area contributed by atoms with Gasteiger partial charge in [0.1, 0.15) is 5.75 Å². The number of nitrogens with one attached hydrogen (secondary N) is 1. The quantitative estimate of drug-likeness (QED) is 0.575. The minimum Gasteiger partial charge on any atom is -0.483 e. The average Bonchev–Trinajstić information content (AvgIpc) is 3.13. The van der Waals surface area contributed by atoms with Crippen LogP contribution in [0.25, 0.3) is 11.4 Å². The van der Waals surface area contributed by atoms with Crippen molar-refractivity contribution >= 4 is 21.8 Å². The Morgan fingerprint density at radius 1 is 1.25 bits per heavy atom. The molecule has 146 valence electrons. The summed E-state index contributed by atoms with van der Waals surface area (Å²) in [6.07, 6.45) is 0. The molecule has 0 unspecified atom stereocenters. The Hall–Kier alpha value is -2.67. The monoisotopic (exact) mass is 443 g/mol. The molecule has 2 aromatic carbocycles. The summed E-state index contributed by atoms with van der Waals surface area (Å²) >= 11 is 3.41. The molecule has 7 heteroatoms. The Labute approximate surface area is 172 Å². The highest BCUT2D eigenvalue weighted by molar-refractivity contribution is 9.10. The first-order valence-electron chi connectivity index (χ1n) is 9.01. The van der Waals surface area contributed by atoms with E-state index in [4.69, 9.17) is 9.26 Å². The number of amides is 1. The van der Waals surface area contributed by atoms with Crippen LogP contribution in [0.2, 0.25) is 0 Å². The molecule has 3 aromatic rings. The number of rotatable bonds is 7. The van der Waals surface area contributed by atoms with E-state index in [9.17, 15) is 4.79 Å². The maximum atomic E-state index is 12.1. The summed E-state index contributed by atoms with van der Waals surface area (Å²) in [7, 11) is 0. The van der Waals surface area contributed by atoms with E-state index in [2.05, 4.69) is 45.2 Å². The van der Waals surface area contributed by atoms with Gasteiger partial charge in [-0.3, -0.25) is 4.79 Å². The first kappa shape index (κ1) is 20.1. The second-order valence-corrected chi connectivity index (χ2v) is 7.70. The Morgan fingerprint density at radius 3 is 2.82 bits per heavy atom. The SMILES string of the molecule is Cc1ccc(C(C)C)c(OCC(=O)NCc2nc(-c3cccc(Br)c3)no2)c1. The van der Waals surface area contributed by atoms with E-state index < -0.39 is 0 Å². The topological polar surface area (TPSA) is 77.2 Å². The summed E-state index contributed by atoms with van der Waals surface area (Å²) in [5, 5.41) is 6.69. The molecule has 1 N–H and O–H groups in total. The van der Waals surface area contributed by atoms with Crippen LogP contribution in [0.5, 0.6) is 5.75 Å². The highest BCUT2D eigenvalue weighted by Crippen LogP contribution is 2.27. The predicted octanol–water partition coefficient (Wildman–Crippen LogP) is 4.63. The highest BCUT2D eigenvalue weighted by atomic mass is 79.9. The van der Waals surface area contributed by atoms with Crippen molar-refractivity contribution in [3.05, 3.63) is 64.0 Å². The smallest absolute Gasteiger partial charge is 0.258 e. The van der Waals surface area contributed by atoms with Crippen LogP contribution in [0.3, 0.4) is 0 Å². The van der Waals surface area contributed by atoms with Crippen LogP contribution < -0.4 is 10.1 Å². The van der Waals surface area contributed by atoms with E-state index >= 15 is 0 Å². The molecule has 0 aliphatic heterocycles. The van der Waals surface area contributed by atoms with E-state index in [0.717, 1.165) is 26.9 Å². The van der Waals surface area contributed by atoms with E-state index in [1.807, 2.05) is 49.4 Å². The van der Waals surface area contributed by atoms with E-state index in [1.165, 1.54) is 0 Å². The molecule has 0 bridgehead atoms. The lowest BCUT2D eigenvalue weighted by Gasteiger charge is -2.14. The first-order chi connectivity index (χ1) is 13.4. The summed E-state index contributed by atoms with van der Waals surface area (Å²) in [4.78, 5) is 16.5. The second kappa shape index (κ2) is 9.01. The molecule has 0 spiro atoms. The molecule has 1 aromatic heterocycles. The number of aromatic nitrogens is 2. The van der Waals surface area contributed by atoms with Crippen molar-refractivity contribution in [1.82, 2.24) is 15.5 Å². The van der Waals surface area contributed by atoms with Crippen LogP contribution in [-0.4, -0.2) is 22.7 Å². The van der Waals surface area contributed by atoms with E-state index in [-0.39, 0.29) is 19.1 Å². The second-order valence-electron chi connectivity index (χ2n) is 6.78. The third-order valence-corrected chi connectivity index (χ3v) is 4.63. The molecule has 0 saturated heterocycles. The van der Waals surface area contributed by atoms with Crippen LogP contribution in [-0.2, 0) is 11.3 Å². The number of hydrogen-bond acceptors (Lipinski definition) is 5. The summed E-state index contributed by atoms with van der Waals surface area (Å²) < 4.78 is 11.9. The van der Waals surface area contributed by atoms with Gasteiger partial charge in [0.15, 0.2) is 6.61 Å². The Kier molecular flexibility index (Phi) is 6.46. The van der Waals surface area contributed by atoms with Gasteiger partial charge in [0.2, 0.25) is 11.7 Å². The molecule has 3 rings (SSSR count). The van der Waals surface area contributed by atoms with Crippen LogP contribution >= 0.6 is 15.9 Å². The van der Waals surface area contributed by atoms with E-state index in [1.54, 1.807) is 0 Å². The molecule has 0 saturated carbocycles. The molecule has 0 atom stereocenters. The molecule has 6 nitrogen and oxygen atoms in total. The maximum absolute atomic E-state index is 12.1. The van der Waals surface area contributed by atoms with E-state index in [0.29, 0.717) is 17.6 Å². The molecule has 0 fully saturated rings. The molecular formula is C21H22BrN3O3. The standard InChI is InChI=1S/C21H22BrN3O3/c1-13(2)17-8-7-14(3)9-18(17)27-12-19(26)23-11-20-24-21(25-28-20)15-5-4-6-16(22)10-15/h4-10,13H,11-12H2,1-3H3,(H,23,26). The lowest BCUT2D eigenvalue weighted by molar-refractivity contribution is -0.123. The number of hydrogen-bond donors (Lipinski definition) is 1. The fourth-order valence-electron chi connectivity index (χ4n) is 2.68. The zero-order valence-corrected chi connectivity index (χ0v) is 17.6. The average molecular weight is 444 g/mol. The fourth-order valence-corrected chi connectivity index (χ4v) is 3.08. The zero-order valence-electron chi connectivity index (χ0n) is 16.0. The fraction of sp³-hybridized carbons (Fsp3) is 0.286. The van der Waals surface area contributed by atoms with Gasteiger partial charge >= 0.3 is 0 Å². The van der Waals surface area contributed by atoms with Gasteiger partial charge in [-0.1, -0.05) is 59.2 Å². The third kappa shape index (κ3) is 5.19. The Bertz CT molecular complexity index is 969. The Morgan fingerprint density at radius 2 is 2.07 bits per heavy atom. The molecule has 0 radical (unpaired) electrons. The van der Waals surface area contributed by atoms with Gasteiger partial charge in [0.25, 0.3) is 5.91 Å². The van der Waals surface area contributed by atoms with Crippen molar-refractivity contribution in [2.75, 3.05) is 6.61 Å². The number of ether oxygens (including phenoxy) is 1. The van der Waals surface area contributed by atoms with Crippen molar-refractivity contribution in [3.63, 3.8) is 0 Å². The van der Waals surface area contributed by atoms with Crippen LogP contribution in [0.15, 0.2) is 51.5 Å². The number of carbonyl (C=O) groups is 1. The highest BCUT2D eigenvalue weighted by Gasteiger charge is 2.12. The minimum absolute atomic E-state index is 0.0736. The summed E-state index contributed by atoms with van der Waals surface area (Å²) in [6.45, 7) is 6.26. The first-order valence-corrected chi connectivity index (χ1v) is 9.80. The van der Waals surface area contributed by atoms with Gasteiger partial charge in [-0.25, -0.2) is 0 Å². The summed E-state index contributed by atoms with van der Waals surface area (Å²) in [5.41, 5.74) is 3.00. The lowest BCUT2D eigenvalue weighted by atomic mass is 10.0. The van der Waals surface area contributed by atoms with Crippen LogP contribution in [0, 0.1) is 6.92 Å².